The van der Waals surface area contributed by atoms with Gasteiger partial charge in [0.1, 0.15) is 5.82 Å². The molecule has 0 atom stereocenters. The molecule has 0 radical (unpaired) electrons. The number of aromatic nitrogens is 5. The lowest BCUT2D eigenvalue weighted by Crippen LogP contribution is -2.50. The van der Waals surface area contributed by atoms with Crippen LogP contribution in [-0.2, 0) is 21.4 Å². The van der Waals surface area contributed by atoms with Crippen LogP contribution >= 0.6 is 0 Å². The van der Waals surface area contributed by atoms with Crippen LogP contribution in [0.5, 0.6) is 0 Å². The van der Waals surface area contributed by atoms with E-state index >= 15 is 0 Å². The number of piperazine rings is 1. The number of imide groups is 1. The number of pyridine rings is 1. The molecule has 6 rings (SSSR count). The van der Waals surface area contributed by atoms with Gasteiger partial charge in [-0.3, -0.25) is 24.9 Å². The van der Waals surface area contributed by atoms with Crippen molar-refractivity contribution in [1.29, 1.82) is 0 Å². The smallest absolute Gasteiger partial charge is 0.328 e. The number of aryl methyl sites for hydroxylation is 1. The Kier molecular flexibility index (Phi) is 9.90. The van der Waals surface area contributed by atoms with Gasteiger partial charge in [-0.15, -0.1) is 10.2 Å². The van der Waals surface area contributed by atoms with Crippen molar-refractivity contribution in [3.8, 4) is 0 Å². The van der Waals surface area contributed by atoms with Crippen LogP contribution in [0.1, 0.15) is 38.3 Å². The summed E-state index contributed by atoms with van der Waals surface area (Å²) >= 11 is 0. The van der Waals surface area contributed by atoms with Crippen LogP contribution < -0.4 is 30.5 Å². The summed E-state index contributed by atoms with van der Waals surface area (Å²) < 4.78 is 28.4. The lowest BCUT2D eigenvalue weighted by Gasteiger charge is -2.36. The van der Waals surface area contributed by atoms with E-state index in [2.05, 4.69) is 55.6 Å². The molecule has 17 heteroatoms. The second kappa shape index (κ2) is 14.3. The first kappa shape index (κ1) is 34.6. The molecule has 2 saturated heterocycles. The standard InChI is InChI=1S/C33H40N12O4S/c1-22-19-35-31(39-30(22)36-24-6-5-7-25(18-24)50(48,49)42-33(2,3)4)37-27-8-9-28(41-40-27)44-16-14-43(15-17-44)21-23-10-12-34-20-26(23)45-13-11-29(46)38-32(45)47/h5-10,12,18-20,42H,11,13-17,21H2,1-4H3,(H,38,46,47)(H2,35,36,37,39,40). The number of nitrogens with one attached hydrogen (secondary N) is 4. The van der Waals surface area contributed by atoms with Crippen molar-refractivity contribution in [2.75, 3.05) is 53.2 Å². The number of carbonyl (C=O) groups excluding carboxylic acids is 2. The summed E-state index contributed by atoms with van der Waals surface area (Å²) in [6.07, 6.45) is 5.31. The van der Waals surface area contributed by atoms with Crippen LogP contribution in [0.4, 0.5) is 39.6 Å². The topological polar surface area (TPSA) is 191 Å². The predicted octanol–water partition coefficient (Wildman–Crippen LogP) is 3.30. The van der Waals surface area contributed by atoms with E-state index in [0.29, 0.717) is 42.0 Å². The molecule has 0 bridgehead atoms. The number of urea groups is 1. The van der Waals surface area contributed by atoms with Gasteiger partial charge in [0.2, 0.25) is 21.9 Å². The highest BCUT2D eigenvalue weighted by Crippen LogP contribution is 2.26. The highest BCUT2D eigenvalue weighted by atomic mass is 32.2. The first-order valence-corrected chi connectivity index (χ1v) is 17.7. The molecule has 0 unspecified atom stereocenters. The number of amides is 3. The molecule has 3 aromatic heterocycles. The zero-order valence-corrected chi connectivity index (χ0v) is 29.2. The average Bonchev–Trinajstić information content (AvgIpc) is 3.07. The van der Waals surface area contributed by atoms with Gasteiger partial charge in [-0.2, -0.15) is 4.98 Å². The molecule has 0 saturated carbocycles. The Morgan fingerprint density at radius 3 is 2.46 bits per heavy atom. The fourth-order valence-electron chi connectivity index (χ4n) is 5.61. The molecule has 0 spiro atoms. The van der Waals surface area contributed by atoms with Crippen molar-refractivity contribution in [3.05, 3.63) is 72.2 Å². The van der Waals surface area contributed by atoms with Crippen LogP contribution in [-0.4, -0.2) is 88.7 Å². The number of carbonyl (C=O) groups is 2. The SMILES string of the molecule is Cc1cnc(Nc2ccc(N3CCN(Cc4ccncc4N4CCC(=O)NC4=O)CC3)nn2)nc1Nc1cccc(S(=O)(=O)NC(C)(C)C)c1. The molecule has 4 N–H and O–H groups in total. The Bertz CT molecular complexity index is 1980. The second-order valence-electron chi connectivity index (χ2n) is 13.2. The van der Waals surface area contributed by atoms with Crippen LogP contribution in [0.25, 0.3) is 0 Å². The summed E-state index contributed by atoms with van der Waals surface area (Å²) in [7, 11) is -3.71. The number of sulfonamides is 1. The Morgan fingerprint density at radius 1 is 0.940 bits per heavy atom. The minimum Gasteiger partial charge on any atom is -0.353 e. The Balaban J connectivity index is 1.05. The fourth-order valence-corrected chi connectivity index (χ4v) is 7.07. The van der Waals surface area contributed by atoms with Crippen molar-refractivity contribution < 1.29 is 18.0 Å². The van der Waals surface area contributed by atoms with E-state index < -0.39 is 21.6 Å². The molecular formula is C33H40N12O4S. The minimum atomic E-state index is -3.71. The van der Waals surface area contributed by atoms with Gasteiger partial charge in [0, 0.05) is 74.9 Å². The van der Waals surface area contributed by atoms with E-state index in [1.807, 2.05) is 25.1 Å². The van der Waals surface area contributed by atoms with Gasteiger partial charge in [-0.05, 0) is 69.7 Å². The Hall–Kier alpha value is -5.26. The zero-order chi connectivity index (χ0) is 35.5. The van der Waals surface area contributed by atoms with E-state index in [4.69, 9.17) is 0 Å². The lowest BCUT2D eigenvalue weighted by atomic mass is 10.1. The molecule has 16 nitrogen and oxygen atoms in total. The molecule has 4 aromatic rings. The van der Waals surface area contributed by atoms with Crippen molar-refractivity contribution >= 4 is 56.7 Å². The minimum absolute atomic E-state index is 0.144. The van der Waals surface area contributed by atoms with Crippen molar-refractivity contribution in [1.82, 2.24) is 40.1 Å². The predicted molar refractivity (Wildman–Crippen MR) is 189 cm³/mol. The highest BCUT2D eigenvalue weighted by molar-refractivity contribution is 7.89. The summed E-state index contributed by atoms with van der Waals surface area (Å²) in [5.41, 5.74) is 2.40. The molecular weight excluding hydrogens is 661 g/mol. The van der Waals surface area contributed by atoms with Crippen LogP contribution in [0.2, 0.25) is 0 Å². The van der Waals surface area contributed by atoms with E-state index in [9.17, 15) is 18.0 Å². The van der Waals surface area contributed by atoms with Gasteiger partial charge < -0.3 is 15.5 Å². The summed E-state index contributed by atoms with van der Waals surface area (Å²) in [5.74, 6) is 1.76. The third-order valence-electron chi connectivity index (χ3n) is 8.03. The van der Waals surface area contributed by atoms with Gasteiger partial charge in [0.05, 0.1) is 16.8 Å². The first-order valence-electron chi connectivity index (χ1n) is 16.2. The summed E-state index contributed by atoms with van der Waals surface area (Å²) in [5, 5.41) is 17.5. The maximum Gasteiger partial charge on any atom is 0.328 e. The quantitative estimate of drug-likeness (QED) is 0.189. The lowest BCUT2D eigenvalue weighted by molar-refractivity contribution is -0.120. The number of hydrogen-bond acceptors (Lipinski definition) is 13. The molecule has 3 amide bonds. The largest absolute Gasteiger partial charge is 0.353 e. The van der Waals surface area contributed by atoms with Crippen molar-refractivity contribution in [3.63, 3.8) is 0 Å². The van der Waals surface area contributed by atoms with E-state index in [1.165, 1.54) is 0 Å². The Morgan fingerprint density at radius 2 is 1.74 bits per heavy atom. The molecule has 1 aromatic carbocycles. The van der Waals surface area contributed by atoms with Gasteiger partial charge in [0.15, 0.2) is 11.6 Å². The number of nitrogens with zero attached hydrogens (tertiary/aromatic N) is 8. The van der Waals surface area contributed by atoms with E-state index in [-0.39, 0.29) is 17.2 Å². The normalized spacial score (nSPS) is 15.9. The molecule has 2 fully saturated rings. The monoisotopic (exact) mass is 700 g/mol. The highest BCUT2D eigenvalue weighted by Gasteiger charge is 2.27. The molecule has 50 heavy (non-hydrogen) atoms. The average molecular weight is 701 g/mol. The van der Waals surface area contributed by atoms with Crippen LogP contribution in [0.15, 0.2) is 66.0 Å². The summed E-state index contributed by atoms with van der Waals surface area (Å²) in [6.45, 7) is 11.2. The number of rotatable bonds is 10. The Labute approximate surface area is 290 Å². The molecule has 2 aliphatic heterocycles. The first-order chi connectivity index (χ1) is 23.8. The van der Waals surface area contributed by atoms with Gasteiger partial charge in [-0.1, -0.05) is 6.07 Å². The third-order valence-corrected chi connectivity index (χ3v) is 9.79. The third kappa shape index (κ3) is 8.47. The molecule has 5 heterocycles. The maximum absolute atomic E-state index is 12.8. The fraction of sp³-hybridized carbons (Fsp3) is 0.364. The van der Waals surface area contributed by atoms with Gasteiger partial charge >= 0.3 is 6.03 Å². The zero-order valence-electron chi connectivity index (χ0n) is 28.3. The second-order valence-corrected chi connectivity index (χ2v) is 14.8. The number of anilines is 6. The summed E-state index contributed by atoms with van der Waals surface area (Å²) in [4.78, 5) is 43.4. The number of benzene rings is 1. The van der Waals surface area contributed by atoms with Crippen molar-refractivity contribution in [2.24, 2.45) is 0 Å². The molecule has 0 aliphatic carbocycles. The van der Waals surface area contributed by atoms with Gasteiger partial charge in [0.25, 0.3) is 0 Å². The van der Waals surface area contributed by atoms with E-state index in [1.54, 1.807) is 68.5 Å². The van der Waals surface area contributed by atoms with Crippen LogP contribution in [0, 0.1) is 6.92 Å². The molecule has 2 aliphatic rings. The summed E-state index contributed by atoms with van der Waals surface area (Å²) in [6, 6.07) is 11.7. The number of hydrogen-bond donors (Lipinski definition) is 4. The van der Waals surface area contributed by atoms with Gasteiger partial charge in [-0.25, -0.2) is 22.9 Å². The van der Waals surface area contributed by atoms with E-state index in [0.717, 1.165) is 43.1 Å². The van der Waals surface area contributed by atoms with Crippen molar-refractivity contribution in [2.45, 2.75) is 51.1 Å². The maximum atomic E-state index is 12.8. The van der Waals surface area contributed by atoms with Crippen LogP contribution in [0.3, 0.4) is 0 Å². The molecule has 262 valence electrons.